The van der Waals surface area contributed by atoms with Gasteiger partial charge < -0.3 is 20.5 Å². The Balaban J connectivity index is 2.33. The van der Waals surface area contributed by atoms with Crippen LogP contribution in [-0.2, 0) is 0 Å². The van der Waals surface area contributed by atoms with Crippen LogP contribution in [-0.4, -0.2) is 39.9 Å². The second kappa shape index (κ2) is 5.87. The van der Waals surface area contributed by atoms with Gasteiger partial charge in [-0.25, -0.2) is 0 Å². The lowest BCUT2D eigenvalue weighted by atomic mass is 9.97. The van der Waals surface area contributed by atoms with Crippen LogP contribution in [0.25, 0.3) is 10.9 Å². The van der Waals surface area contributed by atoms with E-state index in [1.54, 1.807) is 6.07 Å². The van der Waals surface area contributed by atoms with Gasteiger partial charge in [-0.2, -0.15) is 0 Å². The van der Waals surface area contributed by atoms with Crippen molar-refractivity contribution >= 4 is 16.8 Å². The summed E-state index contributed by atoms with van der Waals surface area (Å²) in [5.74, 6) is -0.292. The third kappa shape index (κ3) is 2.80. The van der Waals surface area contributed by atoms with Crippen LogP contribution in [0.5, 0.6) is 0 Å². The van der Waals surface area contributed by atoms with E-state index in [1.807, 2.05) is 32.9 Å². The first-order valence-corrected chi connectivity index (χ1v) is 7.09. The fourth-order valence-electron chi connectivity index (χ4n) is 2.36. The number of hydrogen-bond acceptors (Lipinski definition) is 3. The van der Waals surface area contributed by atoms with Crippen LogP contribution >= 0.6 is 0 Å². The number of nitrogens with one attached hydrogen (secondary N) is 2. The summed E-state index contributed by atoms with van der Waals surface area (Å²) in [6, 6.07) is 5.44. The highest BCUT2D eigenvalue weighted by molar-refractivity contribution is 5.99. The van der Waals surface area contributed by atoms with Gasteiger partial charge in [0.05, 0.1) is 18.8 Å². The highest BCUT2D eigenvalue weighted by Gasteiger charge is 2.29. The largest absolute Gasteiger partial charge is 0.394 e. The zero-order chi connectivity index (χ0) is 15.6. The molecule has 0 aliphatic heterocycles. The number of carbonyl (C=O) groups is 1. The molecule has 114 valence electrons. The molecule has 0 aliphatic rings. The molecule has 4 N–H and O–H groups in total. The van der Waals surface area contributed by atoms with Crippen molar-refractivity contribution in [1.82, 2.24) is 10.3 Å². The number of hydrogen-bond donors (Lipinski definition) is 4. The summed E-state index contributed by atoms with van der Waals surface area (Å²) < 4.78 is 0. The molecule has 0 saturated heterocycles. The van der Waals surface area contributed by atoms with Gasteiger partial charge in [0.25, 0.3) is 5.91 Å². The van der Waals surface area contributed by atoms with E-state index in [9.17, 15) is 15.0 Å². The Hall–Kier alpha value is -1.85. The van der Waals surface area contributed by atoms with E-state index < -0.39 is 5.54 Å². The topological polar surface area (TPSA) is 85.3 Å². The SMILES string of the molecule is CCC(CO)(CO)NC(=O)c1ccc2[nH]c(C)c(C)c2c1. The Morgan fingerprint density at radius 1 is 1.29 bits per heavy atom. The average Bonchev–Trinajstić information content (AvgIpc) is 2.79. The van der Waals surface area contributed by atoms with E-state index in [4.69, 9.17) is 0 Å². The molecule has 0 bridgehead atoms. The van der Waals surface area contributed by atoms with E-state index >= 15 is 0 Å². The third-order valence-electron chi connectivity index (χ3n) is 4.23. The van der Waals surface area contributed by atoms with Crippen molar-refractivity contribution in [3.8, 4) is 0 Å². The molecule has 5 nitrogen and oxygen atoms in total. The van der Waals surface area contributed by atoms with Crippen molar-refractivity contribution < 1.29 is 15.0 Å². The number of aryl methyl sites for hydroxylation is 2. The number of amides is 1. The fraction of sp³-hybridized carbons (Fsp3) is 0.438. The maximum Gasteiger partial charge on any atom is 0.251 e. The van der Waals surface area contributed by atoms with Crippen molar-refractivity contribution in [2.45, 2.75) is 32.7 Å². The summed E-state index contributed by atoms with van der Waals surface area (Å²) in [5, 5.41) is 22.6. The van der Waals surface area contributed by atoms with E-state index in [2.05, 4.69) is 10.3 Å². The first-order chi connectivity index (χ1) is 9.96. The minimum Gasteiger partial charge on any atom is -0.394 e. The van der Waals surface area contributed by atoms with Gasteiger partial charge in [-0.1, -0.05) is 6.92 Å². The lowest BCUT2D eigenvalue weighted by molar-refractivity contribution is 0.0653. The molecular weight excluding hydrogens is 268 g/mol. The molecule has 0 radical (unpaired) electrons. The minimum atomic E-state index is -0.977. The van der Waals surface area contributed by atoms with Crippen LogP contribution in [0.1, 0.15) is 35.0 Å². The van der Waals surface area contributed by atoms with Crippen LogP contribution in [0.2, 0.25) is 0 Å². The van der Waals surface area contributed by atoms with Crippen LogP contribution in [0.15, 0.2) is 18.2 Å². The standard InChI is InChI=1S/C16H22N2O3/c1-4-16(8-19,9-20)18-15(21)12-5-6-14-13(7-12)10(2)11(3)17-14/h5-7,17,19-20H,4,8-9H2,1-3H3,(H,18,21). The van der Waals surface area contributed by atoms with Crippen LogP contribution in [0.4, 0.5) is 0 Å². The van der Waals surface area contributed by atoms with Crippen LogP contribution in [0, 0.1) is 13.8 Å². The molecule has 0 unspecified atom stereocenters. The van der Waals surface area contributed by atoms with E-state index in [0.29, 0.717) is 12.0 Å². The van der Waals surface area contributed by atoms with Gasteiger partial charge in [0, 0.05) is 22.2 Å². The van der Waals surface area contributed by atoms with Gasteiger partial charge in [-0.15, -0.1) is 0 Å². The molecule has 0 spiro atoms. The van der Waals surface area contributed by atoms with Gasteiger partial charge in [-0.3, -0.25) is 4.79 Å². The van der Waals surface area contributed by atoms with Crippen molar-refractivity contribution in [3.05, 3.63) is 35.0 Å². The number of aliphatic hydroxyl groups is 2. The highest BCUT2D eigenvalue weighted by atomic mass is 16.3. The maximum atomic E-state index is 12.4. The molecule has 0 aliphatic carbocycles. The number of aliphatic hydroxyl groups excluding tert-OH is 2. The predicted octanol–water partition coefficient (Wildman–Crippen LogP) is 1.65. The van der Waals surface area contributed by atoms with Gasteiger partial charge >= 0.3 is 0 Å². The van der Waals surface area contributed by atoms with Crippen molar-refractivity contribution in [2.24, 2.45) is 0 Å². The van der Waals surface area contributed by atoms with Gasteiger partial charge in [0.2, 0.25) is 0 Å². The molecule has 1 aromatic heterocycles. The summed E-state index contributed by atoms with van der Waals surface area (Å²) in [6.45, 7) is 5.23. The Labute approximate surface area is 124 Å². The summed E-state index contributed by atoms with van der Waals surface area (Å²) >= 11 is 0. The molecule has 0 saturated carbocycles. The van der Waals surface area contributed by atoms with E-state index in [0.717, 1.165) is 22.2 Å². The highest BCUT2D eigenvalue weighted by Crippen LogP contribution is 2.22. The first kappa shape index (κ1) is 15.5. The smallest absolute Gasteiger partial charge is 0.251 e. The lowest BCUT2D eigenvalue weighted by Gasteiger charge is -2.29. The third-order valence-corrected chi connectivity index (χ3v) is 4.23. The molecule has 0 fully saturated rings. The summed E-state index contributed by atoms with van der Waals surface area (Å²) in [5.41, 5.74) is 2.73. The van der Waals surface area contributed by atoms with Crippen molar-refractivity contribution in [1.29, 1.82) is 0 Å². The molecule has 0 atom stereocenters. The fourth-order valence-corrected chi connectivity index (χ4v) is 2.36. The number of carbonyl (C=O) groups excluding carboxylic acids is 1. The molecular formula is C16H22N2O3. The molecule has 5 heteroatoms. The summed E-state index contributed by atoms with van der Waals surface area (Å²) in [6.07, 6.45) is 0.455. The van der Waals surface area contributed by atoms with Gasteiger partial charge in [-0.05, 0) is 44.0 Å². The normalized spacial score (nSPS) is 11.9. The lowest BCUT2D eigenvalue weighted by Crippen LogP contribution is -2.53. The second-order valence-electron chi connectivity index (χ2n) is 5.54. The van der Waals surface area contributed by atoms with Crippen LogP contribution in [0.3, 0.4) is 0 Å². The number of H-pyrrole nitrogens is 1. The Kier molecular flexibility index (Phi) is 4.34. The Morgan fingerprint density at radius 3 is 2.52 bits per heavy atom. The molecule has 21 heavy (non-hydrogen) atoms. The number of aromatic amines is 1. The minimum absolute atomic E-state index is 0.292. The Morgan fingerprint density at radius 2 is 1.95 bits per heavy atom. The predicted molar refractivity (Wildman–Crippen MR) is 82.4 cm³/mol. The monoisotopic (exact) mass is 290 g/mol. The number of rotatable bonds is 5. The molecule has 2 rings (SSSR count). The van der Waals surface area contributed by atoms with Crippen LogP contribution < -0.4 is 5.32 Å². The summed E-state index contributed by atoms with van der Waals surface area (Å²) in [4.78, 5) is 15.6. The zero-order valence-electron chi connectivity index (χ0n) is 12.7. The number of fused-ring (bicyclic) bond motifs is 1. The summed E-state index contributed by atoms with van der Waals surface area (Å²) in [7, 11) is 0. The zero-order valence-corrected chi connectivity index (χ0v) is 12.7. The quantitative estimate of drug-likeness (QED) is 0.675. The second-order valence-corrected chi connectivity index (χ2v) is 5.54. The Bertz CT molecular complexity index is 649. The number of benzene rings is 1. The van der Waals surface area contributed by atoms with E-state index in [-0.39, 0.29) is 19.1 Å². The maximum absolute atomic E-state index is 12.4. The molecule has 2 aromatic rings. The molecule has 1 heterocycles. The average molecular weight is 290 g/mol. The van der Waals surface area contributed by atoms with Gasteiger partial charge in [0.1, 0.15) is 0 Å². The first-order valence-electron chi connectivity index (χ1n) is 7.09. The van der Waals surface area contributed by atoms with Gasteiger partial charge in [0.15, 0.2) is 0 Å². The van der Waals surface area contributed by atoms with Crippen molar-refractivity contribution in [2.75, 3.05) is 13.2 Å². The van der Waals surface area contributed by atoms with E-state index in [1.165, 1.54) is 0 Å². The van der Waals surface area contributed by atoms with Crippen molar-refractivity contribution in [3.63, 3.8) is 0 Å². The molecule has 1 aromatic carbocycles. The number of aromatic nitrogens is 1. The molecule has 1 amide bonds.